The zero-order valence-corrected chi connectivity index (χ0v) is 49.4. The molecule has 0 saturated heterocycles. The number of anilines is 2. The highest BCUT2D eigenvalue weighted by Crippen LogP contribution is 2.49. The van der Waals surface area contributed by atoms with Crippen LogP contribution >= 0.6 is 0 Å². The number of aryl methyl sites for hydroxylation is 2. The van der Waals surface area contributed by atoms with Crippen LogP contribution in [0.3, 0.4) is 0 Å². The molecule has 0 N–H and O–H groups in total. The first kappa shape index (κ1) is 52.6. The predicted octanol–water partition coefficient (Wildman–Crippen LogP) is 21.2. The maximum absolute atomic E-state index is 6.50. The monoisotopic (exact) mass is 1160 g/mol. The molecule has 0 saturated carbocycles. The van der Waals surface area contributed by atoms with Gasteiger partial charge >= 0.3 is 0 Å². The van der Waals surface area contributed by atoms with Crippen LogP contribution in [0.2, 0.25) is 0 Å². The lowest BCUT2D eigenvalue weighted by atomic mass is 9.91. The van der Waals surface area contributed by atoms with Crippen molar-refractivity contribution < 1.29 is 8.83 Å². The summed E-state index contributed by atoms with van der Waals surface area (Å²) in [6, 6.07) is 93.7. The molecule has 0 bridgehead atoms. The number of aromatic nitrogens is 5. The van der Waals surface area contributed by atoms with Gasteiger partial charge in [0.25, 0.3) is 0 Å². The minimum absolute atomic E-state index is 0.256. The summed E-state index contributed by atoms with van der Waals surface area (Å²) in [5.41, 5.74) is 24.4. The number of fused-ring (bicyclic) bond motifs is 12. The first-order valence-electron chi connectivity index (χ1n) is 30.6. The summed E-state index contributed by atoms with van der Waals surface area (Å²) < 4.78 is 15.3. The van der Waals surface area contributed by atoms with Gasteiger partial charge in [-0.15, -0.1) is 0 Å². The number of para-hydroxylation sites is 3. The van der Waals surface area contributed by atoms with Gasteiger partial charge in [-0.3, -0.25) is 0 Å². The van der Waals surface area contributed by atoms with Crippen molar-refractivity contribution in [3.8, 4) is 73.2 Å². The highest BCUT2D eigenvalue weighted by molar-refractivity contribution is 6.11. The molecule has 2 unspecified atom stereocenters. The molecule has 5 aromatic heterocycles. The lowest BCUT2D eigenvalue weighted by Gasteiger charge is -2.29. The molecule has 0 radical (unpaired) electrons. The fraction of sp³-hybridized carbons (Fsp3) is 0.0488. The van der Waals surface area contributed by atoms with Crippen LogP contribution in [0.1, 0.15) is 22.6 Å². The predicted molar refractivity (Wildman–Crippen MR) is 368 cm³/mol. The topological polar surface area (TPSA) is 86.0 Å². The first-order valence-corrected chi connectivity index (χ1v) is 30.6. The van der Waals surface area contributed by atoms with E-state index < -0.39 is 0 Å². The summed E-state index contributed by atoms with van der Waals surface area (Å²) >= 11 is 0. The quantitative estimate of drug-likeness (QED) is 0.150. The van der Waals surface area contributed by atoms with Crippen LogP contribution in [0, 0.1) is 13.8 Å². The maximum atomic E-state index is 6.50. The van der Waals surface area contributed by atoms with Crippen molar-refractivity contribution in [1.29, 1.82) is 0 Å². The van der Waals surface area contributed by atoms with Crippen molar-refractivity contribution in [2.75, 3.05) is 4.90 Å². The van der Waals surface area contributed by atoms with E-state index in [0.717, 1.165) is 94.6 Å². The molecule has 8 nitrogen and oxygen atoms in total. The van der Waals surface area contributed by atoms with E-state index >= 15 is 0 Å². The van der Waals surface area contributed by atoms with Crippen LogP contribution in [-0.2, 0) is 0 Å². The molecule has 0 fully saturated rings. The summed E-state index contributed by atoms with van der Waals surface area (Å²) in [6.07, 6.45) is 8.99. The Morgan fingerprint density at radius 3 is 1.49 bits per heavy atom. The molecule has 18 rings (SSSR count). The van der Waals surface area contributed by atoms with Crippen molar-refractivity contribution in [1.82, 2.24) is 24.5 Å². The molecular formula is C82H56N6O2. The van der Waals surface area contributed by atoms with Crippen molar-refractivity contribution in [2.45, 2.75) is 25.8 Å². The second-order valence-electron chi connectivity index (χ2n) is 23.4. The zero-order valence-electron chi connectivity index (χ0n) is 49.4. The van der Waals surface area contributed by atoms with Crippen LogP contribution in [0.25, 0.3) is 139 Å². The minimum atomic E-state index is 0.256. The Labute approximate surface area is 519 Å². The smallest absolute Gasteiger partial charge is 0.180 e. The van der Waals surface area contributed by atoms with Gasteiger partial charge in [0.05, 0.1) is 17.1 Å². The fourth-order valence-electron chi connectivity index (χ4n) is 13.5. The lowest BCUT2D eigenvalue weighted by molar-refractivity contribution is 0.667. The summed E-state index contributed by atoms with van der Waals surface area (Å²) in [5.74, 6) is 1.72. The Kier molecular flexibility index (Phi) is 12.6. The third kappa shape index (κ3) is 9.07. The molecule has 6 heterocycles. The molecule has 90 heavy (non-hydrogen) atoms. The number of furan rings is 2. The molecule has 426 valence electrons. The molecule has 11 aromatic carbocycles. The summed E-state index contributed by atoms with van der Waals surface area (Å²) in [5, 5.41) is 4.46. The molecule has 0 spiro atoms. The molecule has 1 aliphatic carbocycles. The summed E-state index contributed by atoms with van der Waals surface area (Å²) in [6.45, 7) is 4.27. The second-order valence-corrected chi connectivity index (χ2v) is 23.4. The van der Waals surface area contributed by atoms with Gasteiger partial charge in [0.2, 0.25) is 0 Å². The fourth-order valence-corrected chi connectivity index (χ4v) is 13.5. The van der Waals surface area contributed by atoms with E-state index in [4.69, 9.17) is 28.8 Å². The van der Waals surface area contributed by atoms with E-state index in [1.54, 1.807) is 0 Å². The number of nitrogens with zero attached hydrogens (tertiary/aromatic N) is 6. The highest BCUT2D eigenvalue weighted by atomic mass is 16.3. The van der Waals surface area contributed by atoms with Gasteiger partial charge < -0.3 is 18.3 Å². The molecule has 1 aliphatic heterocycles. The van der Waals surface area contributed by atoms with E-state index in [0.29, 0.717) is 28.7 Å². The molecule has 8 heteroatoms. The van der Waals surface area contributed by atoms with Crippen LogP contribution < -0.4 is 4.90 Å². The van der Waals surface area contributed by atoms with Crippen LogP contribution in [0.15, 0.2) is 300 Å². The highest BCUT2D eigenvalue weighted by Gasteiger charge is 2.37. The van der Waals surface area contributed by atoms with Gasteiger partial charge in [-0.05, 0) is 120 Å². The average Bonchev–Trinajstić information content (AvgIpc) is 1.67. The van der Waals surface area contributed by atoms with Gasteiger partial charge in [-0.25, -0.2) is 19.9 Å². The Balaban J connectivity index is 0.000000139. The standard InChI is InChI=1S/C41H29N3O.C41H27N3O/c1-26-22-30(24-31(23-26)44-35-18-10-8-16-32(35)33-17-9-11-19-36(33)44)29-20-21-37-34(25-29)39-40(45-37)38(27-12-4-2-5-13-27)42-41(43-39)28-14-6-3-7-15-28;1-26-11-9-15-30(23-26)41-42-38(27-12-3-2-4-13-27)40-39(43-41)34-25-29(21-22-37(34)45-40)28-14-10-16-31(24-28)44-35-19-7-5-17-32(35)33-18-6-8-20-36(33)44/h2-25,32,35H,1H3;2-25H,1H3. The normalized spacial score (nSPS) is 14.2. The van der Waals surface area contributed by atoms with Crippen LogP contribution in [-0.4, -0.2) is 30.5 Å². The minimum Gasteiger partial charge on any atom is -0.452 e. The summed E-state index contributed by atoms with van der Waals surface area (Å²) in [4.78, 5) is 22.8. The Morgan fingerprint density at radius 1 is 0.344 bits per heavy atom. The average molecular weight is 1160 g/mol. The Hall–Kier alpha value is -11.7. The Morgan fingerprint density at radius 2 is 0.844 bits per heavy atom. The first-order chi connectivity index (χ1) is 44.4. The molecule has 2 aliphatic rings. The summed E-state index contributed by atoms with van der Waals surface area (Å²) in [7, 11) is 0. The third-order valence-electron chi connectivity index (χ3n) is 17.7. The SMILES string of the molecule is Cc1cc(-c2ccc3oc4c(-c5ccccc5)nc(-c5ccccc5)nc4c3c2)cc(N2c3ccccc3C3C=CC=CC32)c1.Cc1cccc(-c2nc(-c3ccccc3)c3oc4ccc(-c5cccc(-n6c7ccccc7c7ccccc76)c5)cc4c3n2)c1. The van der Waals surface area contributed by atoms with Crippen LogP contribution in [0.4, 0.5) is 11.4 Å². The number of hydrogen-bond acceptors (Lipinski definition) is 7. The molecular weight excluding hydrogens is 1100 g/mol. The van der Waals surface area contributed by atoms with Crippen molar-refractivity contribution >= 4 is 77.3 Å². The molecule has 0 amide bonds. The molecule has 16 aromatic rings. The third-order valence-corrected chi connectivity index (χ3v) is 17.7. The van der Waals surface area contributed by atoms with Gasteiger partial charge in [-0.1, -0.05) is 224 Å². The van der Waals surface area contributed by atoms with E-state index in [1.165, 1.54) is 49.9 Å². The van der Waals surface area contributed by atoms with Gasteiger partial charge in [-0.2, -0.15) is 0 Å². The Bertz CT molecular complexity index is 5490. The van der Waals surface area contributed by atoms with Crippen molar-refractivity contribution in [2.24, 2.45) is 0 Å². The number of allylic oxidation sites excluding steroid dienone is 2. The van der Waals surface area contributed by atoms with Crippen molar-refractivity contribution in [3.63, 3.8) is 0 Å². The van der Waals surface area contributed by atoms with E-state index in [9.17, 15) is 0 Å². The number of benzene rings is 11. The zero-order chi connectivity index (χ0) is 59.8. The van der Waals surface area contributed by atoms with Crippen LogP contribution in [0.5, 0.6) is 0 Å². The van der Waals surface area contributed by atoms with Crippen molar-refractivity contribution in [3.05, 3.63) is 308 Å². The van der Waals surface area contributed by atoms with E-state index in [1.807, 2.05) is 54.6 Å². The molecule has 2 atom stereocenters. The number of hydrogen-bond donors (Lipinski definition) is 0. The van der Waals surface area contributed by atoms with Gasteiger partial charge in [0.1, 0.15) is 33.6 Å². The number of rotatable bonds is 8. The second kappa shape index (κ2) is 21.6. The maximum Gasteiger partial charge on any atom is 0.180 e. The van der Waals surface area contributed by atoms with Gasteiger partial charge in [0.15, 0.2) is 22.8 Å². The van der Waals surface area contributed by atoms with E-state index in [2.05, 4.69) is 260 Å². The van der Waals surface area contributed by atoms with Gasteiger partial charge in [0, 0.05) is 66.8 Å². The lowest BCUT2D eigenvalue weighted by Crippen LogP contribution is -2.28. The van der Waals surface area contributed by atoms with E-state index in [-0.39, 0.29) is 6.04 Å². The largest absolute Gasteiger partial charge is 0.452 e.